The van der Waals surface area contributed by atoms with Crippen LogP contribution in [0, 0.1) is 0 Å². The maximum atomic E-state index is 11.2. The number of alkyl halides is 1. The summed E-state index contributed by atoms with van der Waals surface area (Å²) < 4.78 is 11.2. The van der Waals surface area contributed by atoms with Crippen molar-refractivity contribution in [3.8, 4) is 0 Å². The topological polar surface area (TPSA) is 52.0 Å². The Labute approximate surface area is 29.9 Å². The maximum absolute atomic E-state index is 11.2. The summed E-state index contributed by atoms with van der Waals surface area (Å²) in [7, 11) is 0. The minimum atomic E-state index is -2.00. The van der Waals surface area contributed by atoms with Gasteiger partial charge in [0, 0.05) is 0 Å². The highest BCUT2D eigenvalue weighted by molar-refractivity contribution is 4.46. The predicted molar refractivity (Wildman–Crippen MR) is 17.9 cm³/mol. The molecular weight excluding hydrogens is 71.0 g/mol. The van der Waals surface area contributed by atoms with Crippen molar-refractivity contribution >= 4 is 0 Å². The third-order valence-electron chi connectivity index (χ3n) is 0. The normalized spacial score (nSPS) is 12.0. The van der Waals surface area contributed by atoms with E-state index in [0.717, 1.165) is 6.92 Å². The van der Waals surface area contributed by atoms with Crippen molar-refractivity contribution in [1.82, 2.24) is 0 Å². The van der Waals surface area contributed by atoms with Gasteiger partial charge in [0.05, 0.1) is 0 Å². The summed E-state index contributed by atoms with van der Waals surface area (Å²) in [4.78, 5) is 0. The first-order chi connectivity index (χ1) is 2.00. The van der Waals surface area contributed by atoms with E-state index >= 15 is 0 Å². The Morgan fingerprint density at radius 2 is 1.60 bits per heavy atom. The molecule has 0 aromatic heterocycles. The fourth-order valence-corrected chi connectivity index (χ4v) is 0. The summed E-state index contributed by atoms with van der Waals surface area (Å²) in [6.45, 7) is 1.08. The number of hydrogen-bond donors (Lipinski definition) is 2. The Kier molecular flexibility index (Phi) is 0.886. The first-order valence-corrected chi connectivity index (χ1v) is 1.27. The molecule has 2 nitrogen and oxygen atoms in total. The molecule has 5 heavy (non-hydrogen) atoms. The van der Waals surface area contributed by atoms with Crippen LogP contribution in [0.15, 0.2) is 0 Å². The van der Waals surface area contributed by atoms with Crippen molar-refractivity contribution in [2.24, 2.45) is 11.5 Å². The Morgan fingerprint density at radius 3 is 1.60 bits per heavy atom. The molecule has 0 atom stereocenters. The highest BCUT2D eigenvalue weighted by atomic mass is 19.1. The second-order valence-electron chi connectivity index (χ2n) is 1.15. The molecule has 0 aliphatic carbocycles. The fourth-order valence-electron chi connectivity index (χ4n) is 0. The summed E-state index contributed by atoms with van der Waals surface area (Å²) in [5.74, 6) is -2.00. The van der Waals surface area contributed by atoms with Crippen LogP contribution in [-0.4, -0.2) is 5.92 Å². The molecule has 0 radical (unpaired) electrons. The van der Waals surface area contributed by atoms with Gasteiger partial charge in [-0.15, -0.1) is 0 Å². The van der Waals surface area contributed by atoms with E-state index in [9.17, 15) is 4.39 Å². The van der Waals surface area contributed by atoms with Crippen molar-refractivity contribution < 1.29 is 4.39 Å². The summed E-state index contributed by atoms with van der Waals surface area (Å²) in [5.41, 5.74) is 8.93. The zero-order valence-corrected chi connectivity index (χ0v) is 3.03. The Bertz CT molecular complexity index is 23.1. The average Bonchev–Trinajstić information content (AvgIpc) is 0.722. The highest BCUT2D eigenvalue weighted by Gasteiger charge is 2.02. The van der Waals surface area contributed by atoms with Gasteiger partial charge in [-0.05, 0) is 6.92 Å². The third kappa shape index (κ3) is 586. The van der Waals surface area contributed by atoms with Gasteiger partial charge in [0.1, 0.15) is 0 Å². The molecule has 0 heterocycles. The van der Waals surface area contributed by atoms with Crippen LogP contribution in [-0.2, 0) is 0 Å². The van der Waals surface area contributed by atoms with Crippen molar-refractivity contribution in [2.45, 2.75) is 12.8 Å². The monoisotopic (exact) mass is 78.1 g/mol. The Balaban J connectivity index is 3.02. The molecule has 32 valence electrons. The van der Waals surface area contributed by atoms with Gasteiger partial charge in [-0.2, -0.15) is 0 Å². The highest BCUT2D eigenvalue weighted by Crippen LogP contribution is 1.82. The van der Waals surface area contributed by atoms with Crippen LogP contribution < -0.4 is 11.5 Å². The molecule has 0 aromatic rings. The lowest BCUT2D eigenvalue weighted by atomic mass is 10.6. The van der Waals surface area contributed by atoms with Crippen molar-refractivity contribution in [3.63, 3.8) is 0 Å². The van der Waals surface area contributed by atoms with Crippen LogP contribution in [0.2, 0.25) is 0 Å². The van der Waals surface area contributed by atoms with Crippen LogP contribution in [0.5, 0.6) is 0 Å². The molecule has 3 heteroatoms. The van der Waals surface area contributed by atoms with Gasteiger partial charge in [0.2, 0.25) is 5.92 Å². The molecule has 0 amide bonds. The second-order valence-corrected chi connectivity index (χ2v) is 1.15. The smallest absolute Gasteiger partial charge is 0.207 e. The third-order valence-corrected chi connectivity index (χ3v) is 0. The van der Waals surface area contributed by atoms with Crippen molar-refractivity contribution in [2.75, 3.05) is 0 Å². The lowest BCUT2D eigenvalue weighted by Crippen LogP contribution is -2.40. The summed E-state index contributed by atoms with van der Waals surface area (Å²) >= 11 is 0. The van der Waals surface area contributed by atoms with Gasteiger partial charge in [-0.3, -0.25) is 11.5 Å². The molecule has 0 unspecified atom stereocenters. The Morgan fingerprint density at radius 1 is 1.60 bits per heavy atom. The van der Waals surface area contributed by atoms with Crippen LogP contribution in [0.25, 0.3) is 0 Å². The molecule has 0 aliphatic heterocycles. The first kappa shape index (κ1) is 4.85. The fraction of sp³-hybridized carbons (Fsp3) is 1.00. The lowest BCUT2D eigenvalue weighted by molar-refractivity contribution is 0.210. The van der Waals surface area contributed by atoms with Crippen molar-refractivity contribution in [1.29, 1.82) is 0 Å². The Hall–Kier alpha value is -0.150. The standard InChI is InChI=1S/C2H7FN2/c1-2(3,4)5/h4-5H2,1H3. The molecule has 4 N–H and O–H groups in total. The van der Waals surface area contributed by atoms with Gasteiger partial charge >= 0.3 is 0 Å². The van der Waals surface area contributed by atoms with Crippen molar-refractivity contribution in [3.05, 3.63) is 0 Å². The van der Waals surface area contributed by atoms with E-state index in [1.807, 2.05) is 0 Å². The molecule has 0 saturated carbocycles. The lowest BCUT2D eigenvalue weighted by Gasteiger charge is -2.01. The minimum absolute atomic E-state index is 1.08. The second kappa shape index (κ2) is 0.914. The molecular formula is C2H7FN2. The van der Waals surface area contributed by atoms with Crippen LogP contribution >= 0.6 is 0 Å². The number of nitrogens with two attached hydrogens (primary N) is 2. The maximum Gasteiger partial charge on any atom is 0.207 e. The van der Waals surface area contributed by atoms with Crippen LogP contribution in [0.1, 0.15) is 6.92 Å². The number of halogens is 1. The minimum Gasteiger partial charge on any atom is -0.287 e. The molecule has 0 aromatic carbocycles. The number of rotatable bonds is 0. The van der Waals surface area contributed by atoms with E-state index in [1.54, 1.807) is 0 Å². The van der Waals surface area contributed by atoms with Gasteiger partial charge in [0.15, 0.2) is 0 Å². The molecule has 0 rings (SSSR count). The molecule has 0 aliphatic rings. The zero-order chi connectivity index (χ0) is 4.50. The van der Waals surface area contributed by atoms with Gasteiger partial charge in [-0.1, -0.05) is 0 Å². The predicted octanol–water partition coefficient (Wildman–Crippen LogP) is -0.453. The molecule has 0 fully saturated rings. The van der Waals surface area contributed by atoms with E-state index in [2.05, 4.69) is 11.5 Å². The van der Waals surface area contributed by atoms with Gasteiger partial charge in [0.25, 0.3) is 0 Å². The van der Waals surface area contributed by atoms with Gasteiger partial charge < -0.3 is 0 Å². The zero-order valence-electron chi connectivity index (χ0n) is 3.03. The van der Waals surface area contributed by atoms with E-state index < -0.39 is 5.92 Å². The van der Waals surface area contributed by atoms with E-state index in [4.69, 9.17) is 0 Å². The van der Waals surface area contributed by atoms with E-state index in [-0.39, 0.29) is 0 Å². The van der Waals surface area contributed by atoms with E-state index in [1.165, 1.54) is 0 Å². The van der Waals surface area contributed by atoms with Crippen LogP contribution in [0.3, 0.4) is 0 Å². The molecule has 0 saturated heterocycles. The first-order valence-electron chi connectivity index (χ1n) is 1.27. The average molecular weight is 78.1 g/mol. The summed E-state index contributed by atoms with van der Waals surface area (Å²) in [6.07, 6.45) is 0. The summed E-state index contributed by atoms with van der Waals surface area (Å²) in [6, 6.07) is 0. The largest absolute Gasteiger partial charge is 0.287 e. The molecule has 0 bridgehead atoms. The summed E-state index contributed by atoms with van der Waals surface area (Å²) in [5, 5.41) is 0. The SMILES string of the molecule is CC(N)(N)F. The number of hydrogen-bond acceptors (Lipinski definition) is 2. The van der Waals surface area contributed by atoms with Crippen LogP contribution in [0.4, 0.5) is 4.39 Å². The molecule has 0 spiro atoms. The quantitative estimate of drug-likeness (QED) is 0.304. The van der Waals surface area contributed by atoms with E-state index in [0.29, 0.717) is 0 Å². The van der Waals surface area contributed by atoms with Gasteiger partial charge in [-0.25, -0.2) is 4.39 Å².